The Morgan fingerprint density at radius 3 is 2.70 bits per heavy atom. The van der Waals surface area contributed by atoms with Crippen LogP contribution in [0.5, 0.6) is 5.75 Å². The van der Waals surface area contributed by atoms with Gasteiger partial charge >= 0.3 is 5.97 Å². The molecule has 0 spiro atoms. The maximum absolute atomic E-state index is 12.1. The van der Waals surface area contributed by atoms with Crippen LogP contribution in [0.2, 0.25) is 0 Å². The van der Waals surface area contributed by atoms with E-state index in [1.165, 1.54) is 10.7 Å². The van der Waals surface area contributed by atoms with E-state index < -0.39 is 12.0 Å². The van der Waals surface area contributed by atoms with Crippen molar-refractivity contribution in [2.75, 3.05) is 13.7 Å². The van der Waals surface area contributed by atoms with Crippen molar-refractivity contribution in [3.63, 3.8) is 0 Å². The average molecular weight is 316 g/mol. The standard InChI is InChI=1S/C17H20N2O4/c1-4-15(17(21)23-5-2)19-16(20)10-9-14(18-19)12-7-6-8-13(11-12)22-3/h6-11,15H,4-5H2,1-3H3. The fourth-order valence-electron chi connectivity index (χ4n) is 2.26. The first-order valence-corrected chi connectivity index (χ1v) is 7.51. The minimum Gasteiger partial charge on any atom is -0.497 e. The van der Waals surface area contributed by atoms with Gasteiger partial charge in [-0.2, -0.15) is 5.10 Å². The third-order valence-electron chi connectivity index (χ3n) is 3.43. The molecule has 6 nitrogen and oxygen atoms in total. The lowest BCUT2D eigenvalue weighted by Crippen LogP contribution is -2.32. The van der Waals surface area contributed by atoms with Crippen LogP contribution in [-0.2, 0) is 9.53 Å². The molecular weight excluding hydrogens is 296 g/mol. The Kier molecular flexibility index (Phi) is 5.51. The molecule has 0 saturated heterocycles. The van der Waals surface area contributed by atoms with E-state index in [2.05, 4.69) is 5.10 Å². The number of benzene rings is 1. The lowest BCUT2D eigenvalue weighted by Gasteiger charge is -2.16. The molecule has 1 aromatic heterocycles. The number of carbonyl (C=O) groups excluding carboxylic acids is 1. The van der Waals surface area contributed by atoms with Crippen molar-refractivity contribution in [3.8, 4) is 17.0 Å². The zero-order valence-electron chi connectivity index (χ0n) is 13.5. The van der Waals surface area contributed by atoms with Gasteiger partial charge in [-0.15, -0.1) is 0 Å². The number of methoxy groups -OCH3 is 1. The highest BCUT2D eigenvalue weighted by Gasteiger charge is 2.22. The largest absolute Gasteiger partial charge is 0.497 e. The molecule has 2 aromatic rings. The quantitative estimate of drug-likeness (QED) is 0.766. The molecular formula is C17H20N2O4. The summed E-state index contributed by atoms with van der Waals surface area (Å²) in [6.45, 7) is 3.81. The van der Waals surface area contributed by atoms with Gasteiger partial charge in [0.2, 0.25) is 0 Å². The molecule has 1 unspecified atom stereocenters. The highest BCUT2D eigenvalue weighted by atomic mass is 16.5. The lowest BCUT2D eigenvalue weighted by molar-refractivity contribution is -0.147. The van der Waals surface area contributed by atoms with Crippen molar-refractivity contribution >= 4 is 5.97 Å². The first-order chi connectivity index (χ1) is 11.1. The van der Waals surface area contributed by atoms with Crippen LogP contribution in [0, 0.1) is 0 Å². The van der Waals surface area contributed by atoms with Gasteiger partial charge in [0.1, 0.15) is 5.75 Å². The second-order valence-electron chi connectivity index (χ2n) is 4.91. The fourth-order valence-corrected chi connectivity index (χ4v) is 2.26. The van der Waals surface area contributed by atoms with Crippen molar-refractivity contribution in [3.05, 3.63) is 46.8 Å². The monoisotopic (exact) mass is 316 g/mol. The molecule has 0 amide bonds. The lowest BCUT2D eigenvalue weighted by atomic mass is 10.1. The van der Waals surface area contributed by atoms with Gasteiger partial charge < -0.3 is 9.47 Å². The van der Waals surface area contributed by atoms with Crippen molar-refractivity contribution in [1.82, 2.24) is 9.78 Å². The van der Waals surface area contributed by atoms with Gasteiger partial charge in [0, 0.05) is 11.6 Å². The molecule has 0 aliphatic heterocycles. The zero-order valence-corrected chi connectivity index (χ0v) is 13.5. The second-order valence-corrected chi connectivity index (χ2v) is 4.91. The van der Waals surface area contributed by atoms with Crippen LogP contribution in [0.3, 0.4) is 0 Å². The number of ether oxygens (including phenoxy) is 2. The molecule has 1 aromatic carbocycles. The van der Waals surface area contributed by atoms with E-state index in [9.17, 15) is 9.59 Å². The summed E-state index contributed by atoms with van der Waals surface area (Å²) >= 11 is 0. The number of nitrogens with zero attached hydrogens (tertiary/aromatic N) is 2. The number of carbonyl (C=O) groups is 1. The topological polar surface area (TPSA) is 70.4 Å². The zero-order chi connectivity index (χ0) is 16.8. The van der Waals surface area contributed by atoms with Gasteiger partial charge in [0.05, 0.1) is 19.4 Å². The minimum atomic E-state index is -0.729. The second kappa shape index (κ2) is 7.58. The SMILES string of the molecule is CCOC(=O)C(CC)n1nc(-c2cccc(OC)c2)ccc1=O. The Hall–Kier alpha value is -2.63. The molecule has 0 fully saturated rings. The summed E-state index contributed by atoms with van der Waals surface area (Å²) in [5, 5.41) is 4.34. The van der Waals surface area contributed by atoms with Crippen LogP contribution in [0.4, 0.5) is 0 Å². The van der Waals surface area contributed by atoms with Gasteiger partial charge in [-0.3, -0.25) is 4.79 Å². The van der Waals surface area contributed by atoms with Crippen LogP contribution in [0.15, 0.2) is 41.2 Å². The van der Waals surface area contributed by atoms with Gasteiger partial charge in [-0.05, 0) is 31.5 Å². The third-order valence-corrected chi connectivity index (χ3v) is 3.43. The number of rotatable bonds is 6. The van der Waals surface area contributed by atoms with E-state index in [4.69, 9.17) is 9.47 Å². The van der Waals surface area contributed by atoms with Crippen LogP contribution >= 0.6 is 0 Å². The van der Waals surface area contributed by atoms with E-state index in [0.717, 1.165) is 5.56 Å². The van der Waals surface area contributed by atoms with Crippen molar-refractivity contribution in [1.29, 1.82) is 0 Å². The van der Waals surface area contributed by atoms with Crippen LogP contribution < -0.4 is 10.3 Å². The highest BCUT2D eigenvalue weighted by molar-refractivity contribution is 5.74. The van der Waals surface area contributed by atoms with Gasteiger partial charge in [-0.25, -0.2) is 9.48 Å². The molecule has 0 radical (unpaired) electrons. The summed E-state index contributed by atoms with van der Waals surface area (Å²) in [5.41, 5.74) is 1.06. The summed E-state index contributed by atoms with van der Waals surface area (Å²) < 4.78 is 11.4. The van der Waals surface area contributed by atoms with Gasteiger partial charge in [0.15, 0.2) is 6.04 Å². The van der Waals surface area contributed by atoms with Crippen molar-refractivity contribution < 1.29 is 14.3 Å². The molecule has 0 aliphatic carbocycles. The molecule has 0 N–H and O–H groups in total. The molecule has 2 rings (SSSR count). The van der Waals surface area contributed by atoms with Crippen LogP contribution in [0.25, 0.3) is 11.3 Å². The molecule has 122 valence electrons. The molecule has 1 heterocycles. The van der Waals surface area contributed by atoms with Gasteiger partial charge in [-0.1, -0.05) is 19.1 Å². The third kappa shape index (κ3) is 3.77. The molecule has 0 saturated carbocycles. The summed E-state index contributed by atoms with van der Waals surface area (Å²) in [5.74, 6) is 0.242. The Balaban J connectivity index is 2.45. The molecule has 0 bridgehead atoms. The van der Waals surface area contributed by atoms with Crippen LogP contribution in [-0.4, -0.2) is 29.5 Å². The summed E-state index contributed by atoms with van der Waals surface area (Å²) in [6.07, 6.45) is 0.424. The Bertz CT molecular complexity index is 739. The molecule has 6 heteroatoms. The Morgan fingerprint density at radius 1 is 1.26 bits per heavy atom. The smallest absolute Gasteiger partial charge is 0.331 e. The Morgan fingerprint density at radius 2 is 2.04 bits per heavy atom. The normalized spacial score (nSPS) is 11.8. The van der Waals surface area contributed by atoms with E-state index >= 15 is 0 Å². The maximum Gasteiger partial charge on any atom is 0.331 e. The number of esters is 1. The fraction of sp³-hybridized carbons (Fsp3) is 0.353. The van der Waals surface area contributed by atoms with Crippen molar-refractivity contribution in [2.45, 2.75) is 26.3 Å². The molecule has 23 heavy (non-hydrogen) atoms. The summed E-state index contributed by atoms with van der Waals surface area (Å²) in [7, 11) is 1.58. The van der Waals surface area contributed by atoms with Gasteiger partial charge in [0.25, 0.3) is 5.56 Å². The first-order valence-electron chi connectivity index (χ1n) is 7.51. The predicted octanol–water partition coefficient (Wildman–Crippen LogP) is 2.43. The molecule has 0 aliphatic rings. The van der Waals surface area contributed by atoms with E-state index in [0.29, 0.717) is 17.9 Å². The van der Waals surface area contributed by atoms with E-state index in [1.807, 2.05) is 31.2 Å². The highest BCUT2D eigenvalue weighted by Crippen LogP contribution is 2.22. The predicted molar refractivity (Wildman–Crippen MR) is 86.4 cm³/mol. The first kappa shape index (κ1) is 16.7. The van der Waals surface area contributed by atoms with E-state index in [-0.39, 0.29) is 12.2 Å². The number of aromatic nitrogens is 2. The Labute approximate surface area is 134 Å². The summed E-state index contributed by atoms with van der Waals surface area (Å²) in [4.78, 5) is 24.1. The summed E-state index contributed by atoms with van der Waals surface area (Å²) in [6, 6.07) is 9.66. The van der Waals surface area contributed by atoms with E-state index in [1.54, 1.807) is 20.1 Å². The van der Waals surface area contributed by atoms with Crippen molar-refractivity contribution in [2.24, 2.45) is 0 Å². The minimum absolute atomic E-state index is 0.264. The maximum atomic E-state index is 12.1. The molecule has 1 atom stereocenters. The number of hydrogen-bond donors (Lipinski definition) is 0. The number of hydrogen-bond acceptors (Lipinski definition) is 5. The average Bonchev–Trinajstić information content (AvgIpc) is 2.57. The van der Waals surface area contributed by atoms with Crippen LogP contribution in [0.1, 0.15) is 26.3 Å².